The normalized spacial score (nSPS) is 10.3. The molecule has 0 aliphatic carbocycles. The summed E-state index contributed by atoms with van der Waals surface area (Å²) in [5.41, 5.74) is 1.90. The van der Waals surface area contributed by atoms with Crippen molar-refractivity contribution in [2.24, 2.45) is 0 Å². The molecule has 2 rings (SSSR count). The molecule has 0 fully saturated rings. The lowest BCUT2D eigenvalue weighted by molar-refractivity contribution is 0.378. The Morgan fingerprint density at radius 1 is 1.21 bits per heavy atom. The molecule has 0 N–H and O–H groups in total. The van der Waals surface area contributed by atoms with E-state index in [1.54, 1.807) is 0 Å². The molecule has 0 spiro atoms. The van der Waals surface area contributed by atoms with Crippen molar-refractivity contribution < 1.29 is 4.74 Å². The summed E-state index contributed by atoms with van der Waals surface area (Å²) in [6.07, 6.45) is 0. The molecule has 100 valence electrons. The molecule has 0 aliphatic heterocycles. The zero-order chi connectivity index (χ0) is 13.8. The third-order valence-corrected chi connectivity index (χ3v) is 2.61. The largest absolute Gasteiger partial charge is 0.467 e. The summed E-state index contributed by atoms with van der Waals surface area (Å²) in [5, 5.41) is 0.103. The molecule has 0 saturated heterocycles. The third-order valence-electron chi connectivity index (χ3n) is 2.44. The smallest absolute Gasteiger partial charge is 0.322 e. The number of pyridine rings is 1. The SMILES string of the molecule is COc1nc(Cl)nc(N(C)Cc2cccc(C)n2)n1. The predicted octanol–water partition coefficient (Wildman–Crippen LogP) is 1.87. The number of ether oxygens (including phenoxy) is 1. The average Bonchev–Trinajstić information content (AvgIpc) is 2.38. The second-order valence-electron chi connectivity index (χ2n) is 4.02. The lowest BCUT2D eigenvalue weighted by Crippen LogP contribution is -2.20. The molecule has 7 heteroatoms. The van der Waals surface area contributed by atoms with Crippen LogP contribution in [0.2, 0.25) is 5.28 Å². The van der Waals surface area contributed by atoms with Gasteiger partial charge in [0.25, 0.3) is 0 Å². The highest BCUT2D eigenvalue weighted by Gasteiger charge is 2.10. The van der Waals surface area contributed by atoms with Gasteiger partial charge in [0.2, 0.25) is 11.2 Å². The Morgan fingerprint density at radius 3 is 2.68 bits per heavy atom. The Labute approximate surface area is 116 Å². The molecule has 2 aromatic rings. The number of hydrogen-bond donors (Lipinski definition) is 0. The standard InChI is InChI=1S/C12H14ClN5O/c1-8-5-4-6-9(14-8)7-18(2)11-15-10(13)16-12(17-11)19-3/h4-6H,7H2,1-3H3. The number of nitrogens with zero attached hydrogens (tertiary/aromatic N) is 5. The van der Waals surface area contributed by atoms with Gasteiger partial charge in [-0.15, -0.1) is 0 Å². The Hall–Kier alpha value is -1.95. The highest BCUT2D eigenvalue weighted by atomic mass is 35.5. The van der Waals surface area contributed by atoms with E-state index in [1.165, 1.54) is 7.11 Å². The van der Waals surface area contributed by atoms with Crippen molar-refractivity contribution in [3.8, 4) is 6.01 Å². The molecule has 0 unspecified atom stereocenters. The van der Waals surface area contributed by atoms with Crippen LogP contribution < -0.4 is 9.64 Å². The van der Waals surface area contributed by atoms with Gasteiger partial charge in [0.15, 0.2) is 0 Å². The second kappa shape index (κ2) is 5.79. The highest BCUT2D eigenvalue weighted by Crippen LogP contribution is 2.15. The van der Waals surface area contributed by atoms with Crippen molar-refractivity contribution in [2.45, 2.75) is 13.5 Å². The summed E-state index contributed by atoms with van der Waals surface area (Å²) in [4.78, 5) is 18.3. The predicted molar refractivity (Wildman–Crippen MR) is 72.5 cm³/mol. The molecule has 0 aromatic carbocycles. The fourth-order valence-corrected chi connectivity index (χ4v) is 1.73. The lowest BCUT2D eigenvalue weighted by atomic mass is 10.3. The number of anilines is 1. The number of rotatable bonds is 4. The first-order valence-corrected chi connectivity index (χ1v) is 6.05. The topological polar surface area (TPSA) is 64.0 Å². The summed E-state index contributed by atoms with van der Waals surface area (Å²) in [7, 11) is 3.34. The maximum absolute atomic E-state index is 5.82. The van der Waals surface area contributed by atoms with Gasteiger partial charge in [0.05, 0.1) is 19.3 Å². The van der Waals surface area contributed by atoms with Gasteiger partial charge in [-0.2, -0.15) is 15.0 Å². The van der Waals surface area contributed by atoms with Crippen molar-refractivity contribution in [1.29, 1.82) is 0 Å². The van der Waals surface area contributed by atoms with Gasteiger partial charge in [-0.1, -0.05) is 6.07 Å². The van der Waals surface area contributed by atoms with Gasteiger partial charge in [0.1, 0.15) is 0 Å². The summed E-state index contributed by atoms with van der Waals surface area (Å²) in [6, 6.07) is 6.06. The lowest BCUT2D eigenvalue weighted by Gasteiger charge is -2.16. The summed E-state index contributed by atoms with van der Waals surface area (Å²) in [5.74, 6) is 0.445. The van der Waals surface area contributed by atoms with Gasteiger partial charge < -0.3 is 9.64 Å². The summed E-state index contributed by atoms with van der Waals surface area (Å²) < 4.78 is 4.97. The number of methoxy groups -OCH3 is 1. The van der Waals surface area contributed by atoms with E-state index in [4.69, 9.17) is 16.3 Å². The van der Waals surface area contributed by atoms with Crippen molar-refractivity contribution in [3.05, 3.63) is 34.9 Å². The number of aromatic nitrogens is 4. The molecular formula is C12H14ClN5O. The molecule has 19 heavy (non-hydrogen) atoms. The monoisotopic (exact) mass is 279 g/mol. The maximum atomic E-state index is 5.82. The van der Waals surface area contributed by atoms with Crippen LogP contribution in [-0.2, 0) is 6.54 Å². The molecule has 6 nitrogen and oxygen atoms in total. The summed E-state index contributed by atoms with van der Waals surface area (Å²) >= 11 is 5.82. The molecule has 0 aliphatic rings. The molecule has 0 radical (unpaired) electrons. The van der Waals surface area contributed by atoms with Crippen molar-refractivity contribution in [1.82, 2.24) is 19.9 Å². The third kappa shape index (κ3) is 3.51. The zero-order valence-corrected chi connectivity index (χ0v) is 11.7. The van der Waals surface area contributed by atoms with E-state index in [-0.39, 0.29) is 11.3 Å². The number of hydrogen-bond acceptors (Lipinski definition) is 6. The van der Waals surface area contributed by atoms with Crippen molar-refractivity contribution in [3.63, 3.8) is 0 Å². The van der Waals surface area contributed by atoms with Crippen molar-refractivity contribution >= 4 is 17.5 Å². The van der Waals surface area contributed by atoms with E-state index in [9.17, 15) is 0 Å². The van der Waals surface area contributed by atoms with Crippen LogP contribution >= 0.6 is 11.6 Å². The molecular weight excluding hydrogens is 266 g/mol. The summed E-state index contributed by atoms with van der Waals surface area (Å²) in [6.45, 7) is 2.53. The minimum Gasteiger partial charge on any atom is -0.467 e. The zero-order valence-electron chi connectivity index (χ0n) is 11.0. The quantitative estimate of drug-likeness (QED) is 0.851. The van der Waals surface area contributed by atoms with Crippen LogP contribution in [0.1, 0.15) is 11.4 Å². The Morgan fingerprint density at radius 2 is 2.00 bits per heavy atom. The van der Waals surface area contributed by atoms with E-state index < -0.39 is 0 Å². The van der Waals surface area contributed by atoms with Crippen LogP contribution in [0.4, 0.5) is 5.95 Å². The highest BCUT2D eigenvalue weighted by molar-refractivity contribution is 6.28. The molecule has 0 atom stereocenters. The van der Waals surface area contributed by atoms with Crippen molar-refractivity contribution in [2.75, 3.05) is 19.1 Å². The van der Waals surface area contributed by atoms with Crippen LogP contribution in [0.15, 0.2) is 18.2 Å². The van der Waals surface area contributed by atoms with Gasteiger partial charge in [-0.25, -0.2) is 0 Å². The van der Waals surface area contributed by atoms with Gasteiger partial charge in [-0.3, -0.25) is 4.98 Å². The fraction of sp³-hybridized carbons (Fsp3) is 0.333. The van der Waals surface area contributed by atoms with Crippen LogP contribution in [-0.4, -0.2) is 34.1 Å². The molecule has 0 amide bonds. The van der Waals surface area contributed by atoms with Gasteiger partial charge in [-0.05, 0) is 30.7 Å². The van der Waals surface area contributed by atoms with E-state index in [0.717, 1.165) is 11.4 Å². The number of aryl methyl sites for hydroxylation is 1. The Balaban J connectivity index is 2.20. The molecule has 2 heterocycles. The van der Waals surface area contributed by atoms with Crippen LogP contribution in [0.25, 0.3) is 0 Å². The van der Waals surface area contributed by atoms with E-state index in [1.807, 2.05) is 37.1 Å². The minimum atomic E-state index is 0.103. The van der Waals surface area contributed by atoms with E-state index >= 15 is 0 Å². The fourth-order valence-electron chi connectivity index (χ4n) is 1.59. The maximum Gasteiger partial charge on any atom is 0.322 e. The Bertz CT molecular complexity index is 578. The van der Waals surface area contributed by atoms with Gasteiger partial charge in [0, 0.05) is 12.7 Å². The van der Waals surface area contributed by atoms with Gasteiger partial charge >= 0.3 is 6.01 Å². The van der Waals surface area contributed by atoms with E-state index in [2.05, 4.69) is 19.9 Å². The number of halogens is 1. The molecule has 0 saturated carbocycles. The van der Waals surface area contributed by atoms with Crippen LogP contribution in [0.3, 0.4) is 0 Å². The first-order chi connectivity index (χ1) is 9.08. The first kappa shape index (κ1) is 13.5. The second-order valence-corrected chi connectivity index (χ2v) is 4.36. The minimum absolute atomic E-state index is 0.103. The average molecular weight is 280 g/mol. The Kier molecular flexibility index (Phi) is 4.11. The van der Waals surface area contributed by atoms with Crippen LogP contribution in [0, 0.1) is 6.92 Å². The molecule has 0 bridgehead atoms. The first-order valence-electron chi connectivity index (χ1n) is 5.67. The van der Waals surface area contributed by atoms with E-state index in [0.29, 0.717) is 12.5 Å². The molecule has 2 aromatic heterocycles. The van der Waals surface area contributed by atoms with Crippen LogP contribution in [0.5, 0.6) is 6.01 Å².